The lowest BCUT2D eigenvalue weighted by atomic mass is 9.64. The first-order chi connectivity index (χ1) is 7.85. The van der Waals surface area contributed by atoms with Gasteiger partial charge in [-0.15, -0.1) is 0 Å². The maximum atomic E-state index is 11.6. The Labute approximate surface area is 101 Å². The number of hydrogen-bond donors (Lipinski definition) is 1. The number of nitriles is 1. The maximum Gasteiger partial charge on any atom is 0.152 e. The van der Waals surface area contributed by atoms with E-state index in [-0.39, 0.29) is 23.8 Å². The van der Waals surface area contributed by atoms with Crippen LogP contribution in [0.1, 0.15) is 19.8 Å². The quantitative estimate of drug-likeness (QED) is 0.721. The molecule has 2 saturated heterocycles. The van der Waals surface area contributed by atoms with Crippen LogP contribution < -0.4 is 0 Å². The van der Waals surface area contributed by atoms with Crippen molar-refractivity contribution < 1.29 is 18.3 Å². The van der Waals surface area contributed by atoms with Gasteiger partial charge in [0.1, 0.15) is 5.41 Å². The van der Waals surface area contributed by atoms with Crippen molar-refractivity contribution in [2.24, 2.45) is 11.3 Å². The summed E-state index contributed by atoms with van der Waals surface area (Å²) < 4.78 is 28.5. The molecular formula is C11H17NO4S. The lowest BCUT2D eigenvalue weighted by molar-refractivity contribution is -0.154. The zero-order chi connectivity index (χ0) is 12.7. The number of sulfone groups is 1. The molecule has 5 nitrogen and oxygen atoms in total. The highest BCUT2D eigenvalue weighted by Gasteiger charge is 2.59. The molecule has 1 N–H and O–H groups in total. The number of rotatable bonds is 1. The topological polar surface area (TPSA) is 87.4 Å². The van der Waals surface area contributed by atoms with E-state index in [1.54, 1.807) is 0 Å². The summed E-state index contributed by atoms with van der Waals surface area (Å²) in [5, 5.41) is 20.1. The Morgan fingerprint density at radius 2 is 2.18 bits per heavy atom. The van der Waals surface area contributed by atoms with Crippen LogP contribution >= 0.6 is 0 Å². The zero-order valence-electron chi connectivity index (χ0n) is 9.85. The van der Waals surface area contributed by atoms with Crippen molar-refractivity contribution in [2.75, 3.05) is 24.7 Å². The molecule has 6 heteroatoms. The molecule has 2 rings (SSSR count). The second-order valence-corrected chi connectivity index (χ2v) is 7.37. The fourth-order valence-electron chi connectivity index (χ4n) is 2.96. The Bertz CT molecular complexity index is 455. The molecule has 3 atom stereocenters. The van der Waals surface area contributed by atoms with Gasteiger partial charge in [0, 0.05) is 18.9 Å². The molecule has 0 amide bonds. The van der Waals surface area contributed by atoms with E-state index < -0.39 is 20.9 Å². The van der Waals surface area contributed by atoms with Crippen molar-refractivity contribution in [3.63, 3.8) is 0 Å². The number of hydrogen-bond acceptors (Lipinski definition) is 5. The maximum absolute atomic E-state index is 11.6. The van der Waals surface area contributed by atoms with E-state index in [0.29, 0.717) is 19.6 Å². The van der Waals surface area contributed by atoms with Crippen molar-refractivity contribution in [2.45, 2.75) is 25.4 Å². The van der Waals surface area contributed by atoms with Crippen LogP contribution in [0.5, 0.6) is 0 Å². The van der Waals surface area contributed by atoms with E-state index in [2.05, 4.69) is 6.07 Å². The Kier molecular flexibility index (Phi) is 2.97. The van der Waals surface area contributed by atoms with E-state index >= 15 is 0 Å². The molecule has 2 aliphatic heterocycles. The largest absolute Gasteiger partial charge is 0.388 e. The predicted octanol–water partition coefficient (Wildman–Crippen LogP) is 0.102. The zero-order valence-corrected chi connectivity index (χ0v) is 10.7. The molecule has 3 unspecified atom stereocenters. The minimum Gasteiger partial charge on any atom is -0.388 e. The van der Waals surface area contributed by atoms with Crippen molar-refractivity contribution in [3.05, 3.63) is 0 Å². The average Bonchev–Trinajstić information content (AvgIpc) is 2.60. The van der Waals surface area contributed by atoms with Gasteiger partial charge in [0.15, 0.2) is 9.84 Å². The monoisotopic (exact) mass is 259 g/mol. The Morgan fingerprint density at radius 3 is 2.65 bits per heavy atom. The normalized spacial score (nSPS) is 45.4. The number of aliphatic hydroxyl groups is 1. The molecular weight excluding hydrogens is 242 g/mol. The molecule has 0 spiro atoms. The second kappa shape index (κ2) is 3.94. The summed E-state index contributed by atoms with van der Waals surface area (Å²) in [4.78, 5) is 0. The van der Waals surface area contributed by atoms with Gasteiger partial charge in [-0.2, -0.15) is 5.26 Å². The molecule has 0 bridgehead atoms. The fraction of sp³-hybridized carbons (Fsp3) is 0.909. The van der Waals surface area contributed by atoms with Crippen LogP contribution in [0.3, 0.4) is 0 Å². The van der Waals surface area contributed by atoms with E-state index in [1.165, 1.54) is 0 Å². The van der Waals surface area contributed by atoms with E-state index in [1.807, 2.05) is 6.92 Å². The van der Waals surface area contributed by atoms with Crippen LogP contribution in [0, 0.1) is 22.7 Å². The minimum atomic E-state index is -3.20. The molecule has 0 radical (unpaired) electrons. The highest BCUT2D eigenvalue weighted by molar-refractivity contribution is 7.91. The highest BCUT2D eigenvalue weighted by Crippen LogP contribution is 2.48. The summed E-state index contributed by atoms with van der Waals surface area (Å²) in [6.45, 7) is 2.56. The molecule has 96 valence electrons. The summed E-state index contributed by atoms with van der Waals surface area (Å²) >= 11 is 0. The minimum absolute atomic E-state index is 0.00352. The van der Waals surface area contributed by atoms with Crippen LogP contribution in [0.25, 0.3) is 0 Å². The average molecular weight is 259 g/mol. The molecule has 0 aliphatic carbocycles. The van der Waals surface area contributed by atoms with Gasteiger partial charge >= 0.3 is 0 Å². The Balaban J connectivity index is 2.39. The van der Waals surface area contributed by atoms with E-state index in [0.717, 1.165) is 0 Å². The molecule has 2 heterocycles. The van der Waals surface area contributed by atoms with Crippen molar-refractivity contribution in [3.8, 4) is 6.07 Å². The number of ether oxygens (including phenoxy) is 1. The second-order valence-electron chi connectivity index (χ2n) is 5.19. The third-order valence-corrected chi connectivity index (χ3v) is 5.92. The summed E-state index contributed by atoms with van der Waals surface area (Å²) in [5.74, 6) is -0.447. The van der Waals surface area contributed by atoms with Gasteiger partial charge in [-0.25, -0.2) is 8.42 Å². The van der Waals surface area contributed by atoms with Gasteiger partial charge in [-0.1, -0.05) is 6.92 Å². The lowest BCUT2D eigenvalue weighted by Gasteiger charge is -2.46. The van der Waals surface area contributed by atoms with Crippen molar-refractivity contribution >= 4 is 9.84 Å². The summed E-state index contributed by atoms with van der Waals surface area (Å²) in [7, 11) is -3.20. The first-order valence-corrected chi connectivity index (χ1v) is 7.59. The van der Waals surface area contributed by atoms with Crippen LogP contribution in [0.15, 0.2) is 0 Å². The van der Waals surface area contributed by atoms with Crippen LogP contribution in [-0.2, 0) is 14.6 Å². The summed E-state index contributed by atoms with van der Waals surface area (Å²) in [6.07, 6.45) is 0.559. The van der Waals surface area contributed by atoms with Crippen LogP contribution in [0.4, 0.5) is 0 Å². The van der Waals surface area contributed by atoms with Crippen molar-refractivity contribution in [1.29, 1.82) is 5.26 Å². The van der Waals surface area contributed by atoms with Gasteiger partial charge in [-0.3, -0.25) is 0 Å². The van der Waals surface area contributed by atoms with Gasteiger partial charge in [0.05, 0.1) is 29.8 Å². The number of nitrogens with zero attached hydrogens (tertiary/aromatic N) is 1. The first-order valence-electron chi connectivity index (χ1n) is 5.77. The molecule has 2 aliphatic rings. The van der Waals surface area contributed by atoms with E-state index in [9.17, 15) is 18.8 Å². The fourth-order valence-corrected chi connectivity index (χ4v) is 4.97. The van der Waals surface area contributed by atoms with Crippen molar-refractivity contribution in [1.82, 2.24) is 0 Å². The molecule has 2 fully saturated rings. The smallest absolute Gasteiger partial charge is 0.152 e. The SMILES string of the molecule is CC1COCCC1(O)C1(C#N)CCS(=O)(=O)C1. The van der Waals surface area contributed by atoms with Crippen LogP contribution in [0.2, 0.25) is 0 Å². The molecule has 0 aromatic carbocycles. The third kappa shape index (κ3) is 1.86. The molecule has 0 aromatic rings. The van der Waals surface area contributed by atoms with Crippen LogP contribution in [-0.4, -0.2) is 43.8 Å². The Hall–Kier alpha value is -0.640. The van der Waals surface area contributed by atoms with Gasteiger partial charge in [0.2, 0.25) is 0 Å². The molecule has 17 heavy (non-hydrogen) atoms. The molecule has 0 aromatic heterocycles. The summed E-state index contributed by atoms with van der Waals surface area (Å²) in [6, 6.07) is 2.09. The Morgan fingerprint density at radius 1 is 1.47 bits per heavy atom. The van der Waals surface area contributed by atoms with Gasteiger partial charge in [-0.05, 0) is 6.42 Å². The first kappa shape index (κ1) is 12.8. The van der Waals surface area contributed by atoms with Gasteiger partial charge < -0.3 is 9.84 Å². The summed E-state index contributed by atoms with van der Waals surface area (Å²) in [5.41, 5.74) is -2.40. The van der Waals surface area contributed by atoms with E-state index in [4.69, 9.17) is 4.74 Å². The predicted molar refractivity (Wildman–Crippen MR) is 60.9 cm³/mol. The standard InChI is InChI=1S/C11H17NO4S/c1-9-6-16-4-2-11(9,13)10(7-12)3-5-17(14,15)8-10/h9,13H,2-6,8H2,1H3. The van der Waals surface area contributed by atoms with Gasteiger partial charge in [0.25, 0.3) is 0 Å². The highest BCUT2D eigenvalue weighted by atomic mass is 32.2. The lowest BCUT2D eigenvalue weighted by Crippen LogP contribution is -2.57. The third-order valence-electron chi connectivity index (χ3n) is 4.16. The molecule has 0 saturated carbocycles.